The Morgan fingerprint density at radius 2 is 2.05 bits per heavy atom. The van der Waals surface area contributed by atoms with E-state index in [1.807, 2.05) is 0 Å². The van der Waals surface area contributed by atoms with Crippen molar-refractivity contribution in [1.29, 1.82) is 0 Å². The zero-order chi connectivity index (χ0) is 13.2. The second-order valence-electron chi connectivity index (χ2n) is 6.18. The summed E-state index contributed by atoms with van der Waals surface area (Å²) < 4.78 is 0. The van der Waals surface area contributed by atoms with Crippen LogP contribution in [0.2, 0.25) is 0 Å². The number of nitrogens with zero attached hydrogens (tertiary/aromatic N) is 3. The van der Waals surface area contributed by atoms with Crippen molar-refractivity contribution >= 4 is 5.95 Å². The summed E-state index contributed by atoms with van der Waals surface area (Å²) in [6.07, 6.45) is 8.76. The normalized spacial score (nSPS) is 29.1. The third-order valence-electron chi connectivity index (χ3n) is 4.78. The van der Waals surface area contributed by atoms with Crippen molar-refractivity contribution in [2.75, 3.05) is 11.4 Å². The number of nitrogens with two attached hydrogens (primary N) is 1. The number of hydrogen-bond donors (Lipinski definition) is 2. The second kappa shape index (κ2) is 5.49. The highest BCUT2D eigenvalue weighted by molar-refractivity contribution is 5.32. The molecule has 19 heavy (non-hydrogen) atoms. The van der Waals surface area contributed by atoms with Gasteiger partial charge < -0.3 is 10.6 Å². The molecule has 1 saturated heterocycles. The molecule has 5 nitrogen and oxygen atoms in total. The van der Waals surface area contributed by atoms with Gasteiger partial charge in [0, 0.05) is 25.0 Å². The zero-order valence-corrected chi connectivity index (χ0v) is 11.8. The Hall–Kier alpha value is -1.10. The van der Waals surface area contributed by atoms with E-state index in [0.29, 0.717) is 6.04 Å². The quantitative estimate of drug-likeness (QED) is 0.873. The van der Waals surface area contributed by atoms with E-state index in [4.69, 9.17) is 5.73 Å². The molecule has 1 aromatic rings. The summed E-state index contributed by atoms with van der Waals surface area (Å²) in [6.45, 7) is 3.20. The van der Waals surface area contributed by atoms with Gasteiger partial charge in [-0.2, -0.15) is 4.98 Å². The average Bonchev–Trinajstić information content (AvgIpc) is 3.05. The van der Waals surface area contributed by atoms with Gasteiger partial charge in [0.1, 0.15) is 5.82 Å². The maximum absolute atomic E-state index is 6.14. The van der Waals surface area contributed by atoms with Crippen molar-refractivity contribution in [2.45, 2.75) is 64.0 Å². The van der Waals surface area contributed by atoms with Crippen LogP contribution in [-0.4, -0.2) is 33.8 Å². The lowest BCUT2D eigenvalue weighted by atomic mass is 9.99. The predicted molar refractivity (Wildman–Crippen MR) is 76.1 cm³/mol. The molecule has 3 N–H and O–H groups in total. The Bertz CT molecular complexity index is 410. The van der Waals surface area contributed by atoms with Gasteiger partial charge in [-0.25, -0.2) is 0 Å². The predicted octanol–water partition coefficient (Wildman–Crippen LogP) is 1.85. The Balaban J connectivity index is 1.66. The fraction of sp³-hybridized carbons (Fsp3) is 0.857. The summed E-state index contributed by atoms with van der Waals surface area (Å²) >= 11 is 0. The van der Waals surface area contributed by atoms with E-state index in [2.05, 4.69) is 27.0 Å². The van der Waals surface area contributed by atoms with Crippen LogP contribution in [0.4, 0.5) is 5.95 Å². The summed E-state index contributed by atoms with van der Waals surface area (Å²) in [6, 6.07) is 0.578. The molecule has 2 fully saturated rings. The maximum atomic E-state index is 6.14. The van der Waals surface area contributed by atoms with Gasteiger partial charge in [-0.1, -0.05) is 25.7 Å². The lowest BCUT2D eigenvalue weighted by molar-refractivity contribution is 0.415. The standard InChI is InChI=1S/C14H25N5/c1-10-12(15)7-4-8-19(10)14-16-13(17-18-14)9-11-5-2-3-6-11/h10-12H,2-9,15H2,1H3,(H,16,17,18). The van der Waals surface area contributed by atoms with E-state index < -0.39 is 0 Å². The second-order valence-corrected chi connectivity index (χ2v) is 6.18. The minimum absolute atomic E-state index is 0.241. The van der Waals surface area contributed by atoms with Gasteiger partial charge in [-0.3, -0.25) is 5.10 Å². The Morgan fingerprint density at radius 1 is 1.26 bits per heavy atom. The van der Waals surface area contributed by atoms with Crippen molar-refractivity contribution < 1.29 is 0 Å². The summed E-state index contributed by atoms with van der Waals surface area (Å²) in [5.41, 5.74) is 6.14. The van der Waals surface area contributed by atoms with E-state index in [9.17, 15) is 0 Å². The number of rotatable bonds is 3. The monoisotopic (exact) mass is 263 g/mol. The van der Waals surface area contributed by atoms with Crippen molar-refractivity contribution in [2.24, 2.45) is 11.7 Å². The molecule has 1 aliphatic carbocycles. The largest absolute Gasteiger partial charge is 0.335 e. The van der Waals surface area contributed by atoms with E-state index >= 15 is 0 Å². The van der Waals surface area contributed by atoms with Crippen molar-refractivity contribution in [1.82, 2.24) is 15.2 Å². The summed E-state index contributed by atoms with van der Waals surface area (Å²) in [5.74, 6) is 2.70. The molecule has 2 heterocycles. The van der Waals surface area contributed by atoms with Crippen LogP contribution >= 0.6 is 0 Å². The first kappa shape index (κ1) is 12.9. The van der Waals surface area contributed by atoms with E-state index in [-0.39, 0.29) is 6.04 Å². The molecule has 0 radical (unpaired) electrons. The fourth-order valence-corrected chi connectivity index (χ4v) is 3.45. The topological polar surface area (TPSA) is 70.8 Å². The van der Waals surface area contributed by atoms with Gasteiger partial charge in [0.25, 0.3) is 0 Å². The first-order chi connectivity index (χ1) is 9.24. The lowest BCUT2D eigenvalue weighted by Crippen LogP contribution is -2.51. The Labute approximate surface area is 115 Å². The minimum atomic E-state index is 0.241. The van der Waals surface area contributed by atoms with E-state index in [1.165, 1.54) is 25.7 Å². The van der Waals surface area contributed by atoms with Crippen molar-refractivity contribution in [3.05, 3.63) is 5.82 Å². The van der Waals surface area contributed by atoms with Crippen LogP contribution < -0.4 is 10.6 Å². The number of anilines is 1. The number of H-pyrrole nitrogens is 1. The number of hydrogen-bond acceptors (Lipinski definition) is 4. The van der Waals surface area contributed by atoms with Gasteiger partial charge in [-0.05, 0) is 25.7 Å². The first-order valence-corrected chi connectivity index (χ1v) is 7.67. The lowest BCUT2D eigenvalue weighted by Gasteiger charge is -2.36. The fourth-order valence-electron chi connectivity index (χ4n) is 3.45. The van der Waals surface area contributed by atoms with Gasteiger partial charge in [0.05, 0.1) is 0 Å². The zero-order valence-electron chi connectivity index (χ0n) is 11.8. The highest BCUT2D eigenvalue weighted by atomic mass is 15.4. The van der Waals surface area contributed by atoms with Gasteiger partial charge in [0.2, 0.25) is 5.95 Å². The highest BCUT2D eigenvalue weighted by Gasteiger charge is 2.28. The molecule has 2 aliphatic rings. The molecule has 1 aromatic heterocycles. The molecule has 5 heteroatoms. The SMILES string of the molecule is CC1C(N)CCCN1c1n[nH]c(CC2CCCC2)n1. The molecule has 3 rings (SSSR count). The van der Waals surface area contributed by atoms with Gasteiger partial charge >= 0.3 is 0 Å². The third kappa shape index (κ3) is 2.76. The molecule has 1 saturated carbocycles. The number of aromatic nitrogens is 3. The Kier molecular flexibility index (Phi) is 3.73. The van der Waals surface area contributed by atoms with Gasteiger partial charge in [0.15, 0.2) is 0 Å². The van der Waals surface area contributed by atoms with Crippen molar-refractivity contribution in [3.8, 4) is 0 Å². The van der Waals surface area contributed by atoms with Crippen LogP contribution in [0.1, 0.15) is 51.3 Å². The number of nitrogens with one attached hydrogen (secondary N) is 1. The van der Waals surface area contributed by atoms with Crippen LogP contribution in [0.25, 0.3) is 0 Å². The highest BCUT2D eigenvalue weighted by Crippen LogP contribution is 2.28. The molecule has 2 unspecified atom stereocenters. The van der Waals surface area contributed by atoms with Crippen LogP contribution in [-0.2, 0) is 6.42 Å². The van der Waals surface area contributed by atoms with Crippen LogP contribution in [0.5, 0.6) is 0 Å². The summed E-state index contributed by atoms with van der Waals surface area (Å²) in [5, 5.41) is 7.52. The summed E-state index contributed by atoms with van der Waals surface area (Å²) in [4.78, 5) is 6.94. The molecular weight excluding hydrogens is 238 g/mol. The smallest absolute Gasteiger partial charge is 0.244 e. The maximum Gasteiger partial charge on any atom is 0.244 e. The third-order valence-corrected chi connectivity index (χ3v) is 4.78. The molecular formula is C14H25N5. The Morgan fingerprint density at radius 3 is 2.84 bits per heavy atom. The minimum Gasteiger partial charge on any atom is -0.335 e. The summed E-state index contributed by atoms with van der Waals surface area (Å²) in [7, 11) is 0. The molecule has 0 spiro atoms. The van der Waals surface area contributed by atoms with Crippen LogP contribution in [0.15, 0.2) is 0 Å². The molecule has 0 bridgehead atoms. The van der Waals surface area contributed by atoms with Crippen LogP contribution in [0, 0.1) is 5.92 Å². The molecule has 1 aliphatic heterocycles. The number of piperidine rings is 1. The number of aromatic amines is 1. The molecule has 2 atom stereocenters. The molecule has 106 valence electrons. The molecule has 0 amide bonds. The first-order valence-electron chi connectivity index (χ1n) is 7.67. The van der Waals surface area contributed by atoms with Crippen LogP contribution in [0.3, 0.4) is 0 Å². The average molecular weight is 263 g/mol. The van der Waals surface area contributed by atoms with E-state index in [0.717, 1.165) is 43.5 Å². The van der Waals surface area contributed by atoms with E-state index in [1.54, 1.807) is 0 Å². The van der Waals surface area contributed by atoms with Gasteiger partial charge in [-0.15, -0.1) is 5.10 Å². The molecule has 0 aromatic carbocycles. The van der Waals surface area contributed by atoms with Crippen molar-refractivity contribution in [3.63, 3.8) is 0 Å².